The molecule has 0 saturated carbocycles. The molecule has 0 aromatic carbocycles. The zero-order valence-corrected chi connectivity index (χ0v) is 11.5. The van der Waals surface area contributed by atoms with Crippen molar-refractivity contribution in [2.24, 2.45) is 17.6 Å². The van der Waals surface area contributed by atoms with E-state index in [0.29, 0.717) is 25.4 Å². The Balaban J connectivity index is 2.43. The number of aromatic amines is 1. The number of imidazole rings is 1. The Kier molecular flexibility index (Phi) is 5.85. The van der Waals surface area contributed by atoms with Gasteiger partial charge in [0.25, 0.3) is 0 Å². The number of rotatable bonds is 7. The maximum atomic E-state index is 12.0. The second-order valence-corrected chi connectivity index (χ2v) is 5.22. The van der Waals surface area contributed by atoms with Gasteiger partial charge in [-0.2, -0.15) is 0 Å². The highest BCUT2D eigenvalue weighted by atomic mass is 16.2. The van der Waals surface area contributed by atoms with Crippen LogP contribution in [0.3, 0.4) is 0 Å². The van der Waals surface area contributed by atoms with Gasteiger partial charge in [-0.1, -0.05) is 13.8 Å². The predicted molar refractivity (Wildman–Crippen MR) is 71.7 cm³/mol. The molecule has 18 heavy (non-hydrogen) atoms. The molecule has 1 atom stereocenters. The normalized spacial score (nSPS) is 12.7. The van der Waals surface area contributed by atoms with Crippen LogP contribution < -0.4 is 5.73 Å². The average molecular weight is 252 g/mol. The predicted octanol–water partition coefficient (Wildman–Crippen LogP) is 1.38. The summed E-state index contributed by atoms with van der Waals surface area (Å²) >= 11 is 0. The van der Waals surface area contributed by atoms with E-state index in [2.05, 4.69) is 23.8 Å². The number of nitrogens with two attached hydrogens (primary N) is 1. The van der Waals surface area contributed by atoms with Crippen molar-refractivity contribution in [1.82, 2.24) is 14.9 Å². The first-order valence-electron chi connectivity index (χ1n) is 6.45. The highest BCUT2D eigenvalue weighted by molar-refractivity contribution is 5.76. The Bertz CT molecular complexity index is 348. The van der Waals surface area contributed by atoms with E-state index in [1.807, 2.05) is 0 Å². The number of amides is 1. The summed E-state index contributed by atoms with van der Waals surface area (Å²) < 4.78 is 0. The molecule has 0 spiro atoms. The van der Waals surface area contributed by atoms with Crippen molar-refractivity contribution in [3.05, 3.63) is 18.2 Å². The van der Waals surface area contributed by atoms with Gasteiger partial charge in [0, 0.05) is 25.9 Å². The number of hydrogen-bond donors (Lipinski definition) is 2. The lowest BCUT2D eigenvalue weighted by Crippen LogP contribution is -2.30. The third kappa shape index (κ3) is 4.87. The SMILES string of the molecule is CC(C)CC(CN)CC(=O)N(C)Cc1ncc[nH]1. The molecule has 0 saturated heterocycles. The molecule has 102 valence electrons. The van der Waals surface area contributed by atoms with E-state index in [-0.39, 0.29) is 11.8 Å². The fourth-order valence-electron chi connectivity index (χ4n) is 2.03. The third-order valence-corrected chi connectivity index (χ3v) is 2.97. The van der Waals surface area contributed by atoms with Crippen molar-refractivity contribution in [1.29, 1.82) is 0 Å². The maximum absolute atomic E-state index is 12.0. The maximum Gasteiger partial charge on any atom is 0.223 e. The van der Waals surface area contributed by atoms with Crippen LogP contribution in [0.4, 0.5) is 0 Å². The van der Waals surface area contributed by atoms with Crippen LogP contribution >= 0.6 is 0 Å². The van der Waals surface area contributed by atoms with Crippen molar-refractivity contribution in [3.8, 4) is 0 Å². The average Bonchev–Trinajstić information content (AvgIpc) is 2.80. The van der Waals surface area contributed by atoms with Crippen LogP contribution in [0.1, 0.15) is 32.5 Å². The largest absolute Gasteiger partial charge is 0.347 e. The second-order valence-electron chi connectivity index (χ2n) is 5.22. The lowest BCUT2D eigenvalue weighted by Gasteiger charge is -2.21. The van der Waals surface area contributed by atoms with Gasteiger partial charge in [-0.05, 0) is 24.8 Å². The van der Waals surface area contributed by atoms with Crippen LogP contribution in [-0.2, 0) is 11.3 Å². The summed E-state index contributed by atoms with van der Waals surface area (Å²) in [5.41, 5.74) is 5.72. The highest BCUT2D eigenvalue weighted by Crippen LogP contribution is 2.15. The molecule has 5 nitrogen and oxygen atoms in total. The smallest absolute Gasteiger partial charge is 0.223 e. The molecule has 1 aromatic rings. The third-order valence-electron chi connectivity index (χ3n) is 2.97. The summed E-state index contributed by atoms with van der Waals surface area (Å²) in [6, 6.07) is 0. The van der Waals surface area contributed by atoms with Crippen molar-refractivity contribution in [2.75, 3.05) is 13.6 Å². The molecule has 0 aliphatic rings. The van der Waals surface area contributed by atoms with Gasteiger partial charge in [0.1, 0.15) is 5.82 Å². The van der Waals surface area contributed by atoms with Crippen molar-refractivity contribution in [3.63, 3.8) is 0 Å². The second kappa shape index (κ2) is 7.16. The van der Waals surface area contributed by atoms with Gasteiger partial charge in [0.2, 0.25) is 5.91 Å². The number of hydrogen-bond acceptors (Lipinski definition) is 3. The molecule has 0 radical (unpaired) electrons. The number of carbonyl (C=O) groups is 1. The lowest BCUT2D eigenvalue weighted by atomic mass is 9.94. The summed E-state index contributed by atoms with van der Waals surface area (Å²) in [5.74, 6) is 1.78. The molecule has 1 rings (SSSR count). The Morgan fingerprint density at radius 1 is 1.56 bits per heavy atom. The summed E-state index contributed by atoms with van der Waals surface area (Å²) in [5, 5.41) is 0. The zero-order chi connectivity index (χ0) is 13.5. The molecular weight excluding hydrogens is 228 g/mol. The molecule has 5 heteroatoms. The quantitative estimate of drug-likeness (QED) is 0.770. The Hall–Kier alpha value is -1.36. The van der Waals surface area contributed by atoms with Gasteiger partial charge >= 0.3 is 0 Å². The van der Waals surface area contributed by atoms with E-state index in [9.17, 15) is 4.79 Å². The summed E-state index contributed by atoms with van der Waals surface area (Å²) in [7, 11) is 1.80. The van der Waals surface area contributed by atoms with Gasteiger partial charge in [0.15, 0.2) is 0 Å². The first-order valence-corrected chi connectivity index (χ1v) is 6.45. The van der Waals surface area contributed by atoms with Crippen molar-refractivity contribution < 1.29 is 4.79 Å². The Morgan fingerprint density at radius 2 is 2.28 bits per heavy atom. The van der Waals surface area contributed by atoms with E-state index in [1.54, 1.807) is 24.3 Å². The zero-order valence-electron chi connectivity index (χ0n) is 11.5. The number of carbonyl (C=O) groups excluding carboxylic acids is 1. The van der Waals surface area contributed by atoms with Gasteiger partial charge in [-0.25, -0.2) is 4.98 Å². The van der Waals surface area contributed by atoms with E-state index < -0.39 is 0 Å². The van der Waals surface area contributed by atoms with Crippen molar-refractivity contribution in [2.45, 2.75) is 33.2 Å². The van der Waals surface area contributed by atoms with Crippen LogP contribution in [-0.4, -0.2) is 34.4 Å². The standard InChI is InChI=1S/C13H24N4O/c1-10(2)6-11(8-14)7-13(18)17(3)9-12-15-4-5-16-12/h4-5,10-11H,6-9,14H2,1-3H3,(H,15,16). The molecule has 0 fully saturated rings. The topological polar surface area (TPSA) is 75.0 Å². The molecule has 1 unspecified atom stereocenters. The first kappa shape index (κ1) is 14.7. The minimum absolute atomic E-state index is 0.127. The first-order chi connectivity index (χ1) is 8.52. The number of nitrogens with zero attached hydrogens (tertiary/aromatic N) is 2. The van der Waals surface area contributed by atoms with Crippen LogP contribution in [0.15, 0.2) is 12.4 Å². The molecule has 1 amide bonds. The Labute approximate surface area is 109 Å². The molecular formula is C13H24N4O. The molecule has 3 N–H and O–H groups in total. The van der Waals surface area contributed by atoms with Crippen LogP contribution in [0.25, 0.3) is 0 Å². The van der Waals surface area contributed by atoms with Gasteiger partial charge in [-0.15, -0.1) is 0 Å². The molecule has 1 aromatic heterocycles. The number of H-pyrrole nitrogens is 1. The molecule has 0 aliphatic heterocycles. The fraction of sp³-hybridized carbons (Fsp3) is 0.692. The Morgan fingerprint density at radius 3 is 2.78 bits per heavy atom. The molecule has 0 aliphatic carbocycles. The summed E-state index contributed by atoms with van der Waals surface area (Å²) in [4.78, 5) is 20.8. The fourth-order valence-corrected chi connectivity index (χ4v) is 2.03. The minimum Gasteiger partial charge on any atom is -0.347 e. The van der Waals surface area contributed by atoms with Crippen molar-refractivity contribution >= 4 is 5.91 Å². The van der Waals surface area contributed by atoms with Crippen LogP contribution in [0.5, 0.6) is 0 Å². The number of nitrogens with one attached hydrogen (secondary N) is 1. The van der Waals surface area contributed by atoms with Gasteiger partial charge < -0.3 is 15.6 Å². The monoisotopic (exact) mass is 252 g/mol. The number of aromatic nitrogens is 2. The molecule has 1 heterocycles. The van der Waals surface area contributed by atoms with Gasteiger partial charge in [0.05, 0.1) is 6.54 Å². The van der Waals surface area contributed by atoms with E-state index in [1.165, 1.54) is 0 Å². The van der Waals surface area contributed by atoms with Gasteiger partial charge in [-0.3, -0.25) is 4.79 Å². The van der Waals surface area contributed by atoms with E-state index in [0.717, 1.165) is 12.2 Å². The summed E-state index contributed by atoms with van der Waals surface area (Å²) in [6.07, 6.45) is 4.97. The molecule has 0 bridgehead atoms. The van der Waals surface area contributed by atoms with Crippen LogP contribution in [0, 0.1) is 11.8 Å². The highest BCUT2D eigenvalue weighted by Gasteiger charge is 2.17. The summed E-state index contributed by atoms with van der Waals surface area (Å²) in [6.45, 7) is 5.39. The minimum atomic E-state index is 0.127. The lowest BCUT2D eigenvalue weighted by molar-refractivity contribution is -0.131. The van der Waals surface area contributed by atoms with Crippen LogP contribution in [0.2, 0.25) is 0 Å². The van der Waals surface area contributed by atoms with E-state index in [4.69, 9.17) is 5.73 Å². The van der Waals surface area contributed by atoms with E-state index >= 15 is 0 Å².